The van der Waals surface area contributed by atoms with Crippen molar-refractivity contribution in [1.82, 2.24) is 55.6 Å². The van der Waals surface area contributed by atoms with E-state index in [1.165, 1.54) is 87.7 Å². The van der Waals surface area contributed by atoms with Crippen molar-refractivity contribution in [1.29, 1.82) is 0 Å². The molecule has 6 N–H and O–H groups in total. The van der Waals surface area contributed by atoms with Gasteiger partial charge in [0.05, 0.1) is 12.6 Å². The highest BCUT2D eigenvalue weighted by molar-refractivity contribution is 5.99. The zero-order valence-electron chi connectivity index (χ0n) is 56.5. The molecule has 86 heavy (non-hydrogen) atoms. The van der Waals surface area contributed by atoms with E-state index in [2.05, 4.69) is 21.3 Å². The second-order valence-electron chi connectivity index (χ2n) is 26.5. The molecule has 0 spiro atoms. The van der Waals surface area contributed by atoms with Crippen molar-refractivity contribution in [2.75, 3.05) is 62.5 Å². The zero-order valence-corrected chi connectivity index (χ0v) is 56.5. The molecule has 11 amide bonds. The van der Waals surface area contributed by atoms with Crippen molar-refractivity contribution in [3.8, 4) is 0 Å². The summed E-state index contributed by atoms with van der Waals surface area (Å²) >= 11 is 0. The predicted octanol–water partition coefficient (Wildman–Crippen LogP) is 2.47. The number of carbonyl (C=O) groups is 11. The number of carbonyl (C=O) groups excluding carboxylic acids is 11. The van der Waals surface area contributed by atoms with E-state index in [1.54, 1.807) is 41.5 Å². The predicted molar refractivity (Wildman–Crippen MR) is 330 cm³/mol. The first kappa shape index (κ1) is 78.1. The number of likely N-dealkylation sites (N-methyl/N-ethyl adjacent to an activating group) is 7. The lowest BCUT2D eigenvalue weighted by atomic mass is 9.90. The topological polar surface area (TPSA) is 299 Å². The Morgan fingerprint density at radius 2 is 0.860 bits per heavy atom. The molecule has 494 valence electrons. The molecule has 1 heterocycles. The van der Waals surface area contributed by atoms with Crippen molar-refractivity contribution in [2.45, 2.75) is 229 Å². The molecule has 24 heteroatoms. The van der Waals surface area contributed by atoms with E-state index < -0.39 is 156 Å². The number of rotatable bonds is 17. The van der Waals surface area contributed by atoms with E-state index in [0.29, 0.717) is 19.3 Å². The van der Waals surface area contributed by atoms with Gasteiger partial charge in [0.25, 0.3) is 0 Å². The van der Waals surface area contributed by atoms with Crippen LogP contribution in [-0.2, 0) is 52.7 Å². The SMILES string of the molecule is CC[C@@H]1NC(=O)[C@H]([C@H](O)[C@H](C)CCCCO)N(C)C(=O)[C@H](C(C)C)N(C)C(=O)[C@H](CC(C)C)N(C)C(=O)[C@H](CC(C)C)N(C)C(=O)[C@@H](C)NC(=O)[C@H](C)NC(=O)[C@H](CC(C)C)N(C)C(=O)[C@H](C(C)C)NC(=O)[C@H](CC(C)C)N(C)C(=O)CN(C)C1=O. The minimum absolute atomic E-state index is 0.00693. The van der Waals surface area contributed by atoms with Gasteiger partial charge in [-0.3, -0.25) is 52.7 Å². The van der Waals surface area contributed by atoms with E-state index >= 15 is 9.59 Å². The first-order valence-electron chi connectivity index (χ1n) is 31.1. The van der Waals surface area contributed by atoms with E-state index in [0.717, 1.165) is 9.80 Å². The van der Waals surface area contributed by atoms with Crippen LogP contribution >= 0.6 is 0 Å². The number of hydrogen-bond donors (Lipinski definition) is 6. The van der Waals surface area contributed by atoms with Gasteiger partial charge in [0, 0.05) is 55.9 Å². The fourth-order valence-corrected chi connectivity index (χ4v) is 10.9. The van der Waals surface area contributed by atoms with Crippen LogP contribution in [0.15, 0.2) is 0 Å². The van der Waals surface area contributed by atoms with Crippen molar-refractivity contribution in [2.24, 2.45) is 41.4 Å². The van der Waals surface area contributed by atoms with Crippen LogP contribution in [0.1, 0.15) is 162 Å². The Hall–Kier alpha value is -5.91. The van der Waals surface area contributed by atoms with Gasteiger partial charge in [0.15, 0.2) is 0 Å². The fourth-order valence-electron chi connectivity index (χ4n) is 10.9. The normalized spacial score (nSPS) is 26.6. The Kier molecular flexibility index (Phi) is 32.5. The summed E-state index contributed by atoms with van der Waals surface area (Å²) < 4.78 is 0. The molecule has 0 saturated carbocycles. The molecule has 0 aromatic rings. The first-order chi connectivity index (χ1) is 39.7. The zero-order chi connectivity index (χ0) is 66.7. The van der Waals surface area contributed by atoms with Gasteiger partial charge in [-0.05, 0) is 100 Å². The van der Waals surface area contributed by atoms with Crippen LogP contribution in [0.4, 0.5) is 0 Å². The fraction of sp³-hybridized carbons (Fsp3) is 0.823. The number of aliphatic hydroxyl groups is 2. The molecule has 1 fully saturated rings. The van der Waals surface area contributed by atoms with Crippen LogP contribution in [0.25, 0.3) is 0 Å². The van der Waals surface area contributed by atoms with Crippen molar-refractivity contribution >= 4 is 65.0 Å². The van der Waals surface area contributed by atoms with Crippen molar-refractivity contribution < 1.29 is 63.0 Å². The number of nitrogens with one attached hydrogen (secondary N) is 4. The van der Waals surface area contributed by atoms with Gasteiger partial charge >= 0.3 is 0 Å². The Labute approximate surface area is 514 Å². The third-order valence-electron chi connectivity index (χ3n) is 16.4. The van der Waals surface area contributed by atoms with E-state index in [4.69, 9.17) is 0 Å². The van der Waals surface area contributed by atoms with E-state index in [-0.39, 0.29) is 62.4 Å². The highest BCUT2D eigenvalue weighted by atomic mass is 16.3. The summed E-state index contributed by atoms with van der Waals surface area (Å²) in [6, 6.07) is -12.5. The molecule has 0 aromatic carbocycles. The summed E-state index contributed by atoms with van der Waals surface area (Å²) in [4.78, 5) is 169. The second-order valence-corrected chi connectivity index (χ2v) is 26.5. The van der Waals surface area contributed by atoms with E-state index in [9.17, 15) is 53.4 Å². The number of nitrogens with zero attached hydrogens (tertiary/aromatic N) is 7. The largest absolute Gasteiger partial charge is 0.396 e. The van der Waals surface area contributed by atoms with Gasteiger partial charge in [0.2, 0.25) is 65.0 Å². The lowest BCUT2D eigenvalue weighted by molar-refractivity contribution is -0.157. The lowest BCUT2D eigenvalue weighted by Crippen LogP contribution is -2.63. The van der Waals surface area contributed by atoms with Crippen LogP contribution in [0, 0.1) is 41.4 Å². The number of unbranched alkanes of at least 4 members (excludes halogenated alkanes) is 1. The number of aliphatic hydroxyl groups excluding tert-OH is 2. The first-order valence-corrected chi connectivity index (χ1v) is 31.1. The van der Waals surface area contributed by atoms with Crippen molar-refractivity contribution in [3.63, 3.8) is 0 Å². The lowest BCUT2D eigenvalue weighted by Gasteiger charge is -2.41. The molecule has 0 bridgehead atoms. The standard InChI is InChI=1S/C62H113N11O13/c1-24-43-58(82)67(17)33-48(75)68(18)44(29-34(2)3)55(79)66-49(38(10)11)61(85)69(19)45(30-35(4)5)54(78)63-41(15)53(77)64-42(16)57(81)70(20)46(31-36(6)7)59(83)71(21)47(32-37(8)9)60(84)72(22)50(39(12)13)62(86)73(23)51(56(80)65-43)52(76)40(14)27-25-26-28-74/h34-47,49-52,74,76H,24-33H2,1-23H3,(H,63,78)(H,64,77)(H,65,80)(H,66,79)/t40-,41+,42-,43+,44+,45+,46+,47+,49+,50+,51+,52-/m1/s1. The average molecular weight is 1220 g/mol. The maximum absolute atomic E-state index is 15.2. The van der Waals surface area contributed by atoms with Crippen LogP contribution in [0.2, 0.25) is 0 Å². The maximum Gasteiger partial charge on any atom is 0.246 e. The smallest absolute Gasteiger partial charge is 0.246 e. The summed E-state index contributed by atoms with van der Waals surface area (Å²) in [6.45, 7) is 27.3. The molecule has 1 saturated heterocycles. The molecule has 0 aromatic heterocycles. The van der Waals surface area contributed by atoms with Gasteiger partial charge in [-0.2, -0.15) is 0 Å². The molecule has 0 unspecified atom stereocenters. The quantitative estimate of drug-likeness (QED) is 0.114. The number of amides is 11. The summed E-state index contributed by atoms with van der Waals surface area (Å²) in [5.41, 5.74) is 0. The summed E-state index contributed by atoms with van der Waals surface area (Å²) in [5.74, 6) is -9.90. The van der Waals surface area contributed by atoms with Crippen LogP contribution < -0.4 is 21.3 Å². The molecule has 24 nitrogen and oxygen atoms in total. The Morgan fingerprint density at radius 3 is 1.31 bits per heavy atom. The van der Waals surface area contributed by atoms with Gasteiger partial charge in [0.1, 0.15) is 60.4 Å². The van der Waals surface area contributed by atoms with Crippen LogP contribution in [-0.4, -0.2) is 238 Å². The van der Waals surface area contributed by atoms with Gasteiger partial charge in [-0.1, -0.05) is 103 Å². The molecule has 1 aliphatic rings. The minimum atomic E-state index is -1.64. The maximum atomic E-state index is 15.2. The third-order valence-corrected chi connectivity index (χ3v) is 16.4. The molecule has 12 atom stereocenters. The number of hydrogen-bond acceptors (Lipinski definition) is 13. The van der Waals surface area contributed by atoms with Gasteiger partial charge in [-0.25, -0.2) is 0 Å². The summed E-state index contributed by atoms with van der Waals surface area (Å²) in [7, 11) is 9.85. The Bertz CT molecular complexity index is 2300. The van der Waals surface area contributed by atoms with Crippen molar-refractivity contribution in [3.05, 3.63) is 0 Å². The highest BCUT2D eigenvalue weighted by Crippen LogP contribution is 2.26. The summed E-state index contributed by atoms with van der Waals surface area (Å²) in [5, 5.41) is 32.7. The van der Waals surface area contributed by atoms with Crippen LogP contribution in [0.3, 0.4) is 0 Å². The van der Waals surface area contributed by atoms with Gasteiger partial charge in [-0.15, -0.1) is 0 Å². The Balaban J connectivity index is 4.32. The van der Waals surface area contributed by atoms with Gasteiger partial charge < -0.3 is 65.8 Å². The average Bonchev–Trinajstić information content (AvgIpc) is 1.45. The van der Waals surface area contributed by atoms with E-state index in [1.807, 2.05) is 55.4 Å². The monoisotopic (exact) mass is 1220 g/mol. The van der Waals surface area contributed by atoms with Crippen LogP contribution in [0.5, 0.6) is 0 Å². The molecule has 1 rings (SSSR count). The molecular formula is C62H113N11O13. The third kappa shape index (κ3) is 22.0. The summed E-state index contributed by atoms with van der Waals surface area (Å²) in [6.07, 6.45) is 0.289. The minimum Gasteiger partial charge on any atom is -0.396 e. The second kappa shape index (κ2) is 35.8. The molecule has 1 aliphatic heterocycles. The molecule has 0 radical (unpaired) electrons. The highest BCUT2D eigenvalue weighted by Gasteiger charge is 2.46. The molecule has 0 aliphatic carbocycles. The Morgan fingerprint density at radius 1 is 0.442 bits per heavy atom. The molecular weight excluding hydrogens is 1110 g/mol.